The smallest absolute Gasteiger partial charge is 0.244 e. The van der Waals surface area contributed by atoms with Gasteiger partial charge in [-0.05, 0) is 48.2 Å². The van der Waals surface area contributed by atoms with Crippen LogP contribution in [0.4, 0.5) is 0 Å². The first-order chi connectivity index (χ1) is 12.7. The number of aliphatic imine (C=N–C) groups is 1. The summed E-state index contributed by atoms with van der Waals surface area (Å²) in [4.78, 5) is 24.0. The monoisotopic (exact) mass is 518 g/mol. The van der Waals surface area contributed by atoms with Gasteiger partial charge >= 0.3 is 0 Å². The van der Waals surface area contributed by atoms with Crippen LogP contribution in [0.15, 0.2) is 34.0 Å². The molecule has 1 aliphatic rings. The van der Waals surface area contributed by atoms with E-state index in [1.807, 2.05) is 18.9 Å². The zero-order valence-electron chi connectivity index (χ0n) is 15.8. The van der Waals surface area contributed by atoms with Crippen molar-refractivity contribution in [1.29, 1.82) is 0 Å². The number of guanidine groups is 1. The van der Waals surface area contributed by atoms with Crippen LogP contribution in [0.3, 0.4) is 0 Å². The van der Waals surface area contributed by atoms with Gasteiger partial charge in [0.05, 0.1) is 0 Å². The summed E-state index contributed by atoms with van der Waals surface area (Å²) < 4.78 is 0. The predicted octanol–water partition coefficient (Wildman–Crippen LogP) is 3.45. The second-order valence-corrected chi connectivity index (χ2v) is 8.39. The highest BCUT2D eigenvalue weighted by Gasteiger charge is 2.21. The summed E-state index contributed by atoms with van der Waals surface area (Å²) in [6.07, 6.45) is 1.95. The van der Waals surface area contributed by atoms with Gasteiger partial charge in [-0.15, -0.1) is 46.7 Å². The number of hydrogen-bond acceptors (Lipinski definition) is 4. The molecule has 148 valence electrons. The van der Waals surface area contributed by atoms with E-state index in [1.54, 1.807) is 22.7 Å². The number of hydrogen-bond donors (Lipinski definition) is 1. The number of thiophene rings is 2. The van der Waals surface area contributed by atoms with Crippen LogP contribution in [-0.2, 0) is 24.2 Å². The summed E-state index contributed by atoms with van der Waals surface area (Å²) >= 11 is 3.57. The Morgan fingerprint density at radius 2 is 2.19 bits per heavy atom. The highest BCUT2D eigenvalue weighted by atomic mass is 127. The molecule has 0 saturated heterocycles. The Morgan fingerprint density at radius 3 is 2.93 bits per heavy atom. The highest BCUT2D eigenvalue weighted by molar-refractivity contribution is 14.0. The lowest BCUT2D eigenvalue weighted by atomic mass is 10.1. The van der Waals surface area contributed by atoms with E-state index in [1.165, 1.54) is 15.3 Å². The summed E-state index contributed by atoms with van der Waals surface area (Å²) in [6, 6.07) is 6.36. The molecule has 0 spiro atoms. The summed E-state index contributed by atoms with van der Waals surface area (Å²) in [5.74, 6) is 0.898. The molecule has 3 rings (SSSR count). The number of amides is 1. The summed E-state index contributed by atoms with van der Waals surface area (Å²) in [7, 11) is 2.03. The molecule has 0 fully saturated rings. The Labute approximate surface area is 186 Å². The third-order valence-electron chi connectivity index (χ3n) is 4.49. The Kier molecular flexibility index (Phi) is 9.04. The van der Waals surface area contributed by atoms with Gasteiger partial charge in [-0.1, -0.05) is 6.07 Å². The first-order valence-electron chi connectivity index (χ1n) is 9.02. The van der Waals surface area contributed by atoms with Gasteiger partial charge in [0.25, 0.3) is 0 Å². The molecule has 0 radical (unpaired) electrons. The van der Waals surface area contributed by atoms with Crippen LogP contribution < -0.4 is 5.32 Å². The summed E-state index contributed by atoms with van der Waals surface area (Å²) in [5, 5.41) is 7.51. The molecule has 0 unspecified atom stereocenters. The molecular weight excluding hydrogens is 491 g/mol. The van der Waals surface area contributed by atoms with Crippen LogP contribution in [0.1, 0.15) is 22.2 Å². The molecule has 1 N–H and O–H groups in total. The van der Waals surface area contributed by atoms with Crippen molar-refractivity contribution in [2.75, 3.05) is 33.2 Å². The Balaban J connectivity index is 0.00000261. The Bertz CT molecular complexity index is 745. The molecule has 5 nitrogen and oxygen atoms in total. The largest absolute Gasteiger partial charge is 0.357 e. The zero-order chi connectivity index (χ0) is 18.4. The number of rotatable bonds is 6. The Morgan fingerprint density at radius 1 is 1.33 bits per heavy atom. The molecule has 2 aromatic rings. The van der Waals surface area contributed by atoms with E-state index in [9.17, 15) is 4.79 Å². The van der Waals surface area contributed by atoms with Crippen molar-refractivity contribution in [3.63, 3.8) is 0 Å². The topological polar surface area (TPSA) is 47.9 Å². The van der Waals surface area contributed by atoms with Gasteiger partial charge in [0.2, 0.25) is 5.91 Å². The molecule has 2 aromatic heterocycles. The van der Waals surface area contributed by atoms with Crippen molar-refractivity contribution in [1.82, 2.24) is 15.1 Å². The summed E-state index contributed by atoms with van der Waals surface area (Å²) in [5.41, 5.74) is 1.29. The fraction of sp³-hybridized carbons (Fsp3) is 0.474. The second-order valence-electron chi connectivity index (χ2n) is 6.36. The molecule has 8 heteroatoms. The van der Waals surface area contributed by atoms with E-state index in [2.05, 4.69) is 44.2 Å². The molecule has 1 aliphatic heterocycles. The molecule has 0 saturated carbocycles. The van der Waals surface area contributed by atoms with E-state index in [4.69, 9.17) is 0 Å². The van der Waals surface area contributed by atoms with Crippen molar-refractivity contribution in [3.8, 4) is 0 Å². The maximum atomic E-state index is 12.6. The van der Waals surface area contributed by atoms with E-state index in [0.29, 0.717) is 0 Å². The predicted molar refractivity (Wildman–Crippen MR) is 125 cm³/mol. The molecule has 27 heavy (non-hydrogen) atoms. The molecular formula is C19H27IN4OS2. The standard InChI is InChI=1S/C19H26N4OS2.HI/c1-3-20-19(22(2)9-6-16-5-4-11-25-16)21-13-18(24)23-10-7-17-15(14-23)8-12-26-17;/h4-5,8,11-12H,3,6-7,9-10,13-14H2,1-2H3,(H,20,21);1H. The molecule has 0 atom stereocenters. The van der Waals surface area contributed by atoms with Crippen molar-refractivity contribution in [2.45, 2.75) is 26.3 Å². The zero-order valence-corrected chi connectivity index (χ0v) is 19.8. The summed E-state index contributed by atoms with van der Waals surface area (Å²) in [6.45, 7) is 5.43. The Hall–Kier alpha value is -1.13. The van der Waals surface area contributed by atoms with Crippen molar-refractivity contribution >= 4 is 58.5 Å². The fourth-order valence-corrected chi connectivity index (χ4v) is 4.60. The first kappa shape index (κ1) is 22.2. The van der Waals surface area contributed by atoms with Crippen LogP contribution in [-0.4, -0.2) is 54.9 Å². The van der Waals surface area contributed by atoms with Gasteiger partial charge in [-0.25, -0.2) is 4.99 Å². The number of fused-ring (bicyclic) bond motifs is 1. The number of nitrogens with one attached hydrogen (secondary N) is 1. The van der Waals surface area contributed by atoms with Gasteiger partial charge in [-0.3, -0.25) is 4.79 Å². The van der Waals surface area contributed by atoms with Crippen molar-refractivity contribution in [2.24, 2.45) is 4.99 Å². The average molecular weight is 518 g/mol. The lowest BCUT2D eigenvalue weighted by molar-refractivity contribution is -0.130. The van der Waals surface area contributed by atoms with Crippen molar-refractivity contribution < 1.29 is 4.79 Å². The second kappa shape index (κ2) is 11.0. The van der Waals surface area contributed by atoms with Crippen molar-refractivity contribution in [3.05, 3.63) is 44.3 Å². The minimum atomic E-state index is 0. The third kappa shape index (κ3) is 6.18. The molecule has 0 bridgehead atoms. The van der Waals surface area contributed by atoms with E-state index in [0.717, 1.165) is 45.0 Å². The number of carbonyl (C=O) groups is 1. The van der Waals surface area contributed by atoms with Gasteiger partial charge in [-0.2, -0.15) is 0 Å². The quantitative estimate of drug-likeness (QED) is 0.362. The van der Waals surface area contributed by atoms with Gasteiger partial charge < -0.3 is 15.1 Å². The third-order valence-corrected chi connectivity index (χ3v) is 6.45. The lowest BCUT2D eigenvalue weighted by Gasteiger charge is -2.27. The number of nitrogens with zero attached hydrogens (tertiary/aromatic N) is 3. The molecule has 0 aliphatic carbocycles. The van der Waals surface area contributed by atoms with Crippen LogP contribution in [0, 0.1) is 0 Å². The van der Waals surface area contributed by atoms with Crippen LogP contribution in [0.25, 0.3) is 0 Å². The average Bonchev–Trinajstić information content (AvgIpc) is 3.33. The number of likely N-dealkylation sites (N-methyl/N-ethyl adjacent to an activating group) is 1. The van der Waals surface area contributed by atoms with Crippen LogP contribution >= 0.6 is 46.7 Å². The first-order valence-corrected chi connectivity index (χ1v) is 10.8. The van der Waals surface area contributed by atoms with Gasteiger partial charge in [0.1, 0.15) is 6.54 Å². The molecule has 3 heterocycles. The minimum Gasteiger partial charge on any atom is -0.357 e. The van der Waals surface area contributed by atoms with Gasteiger partial charge in [0.15, 0.2) is 5.96 Å². The van der Waals surface area contributed by atoms with Gasteiger partial charge in [0, 0.05) is 43.0 Å². The van der Waals surface area contributed by atoms with Crippen LogP contribution in [0.2, 0.25) is 0 Å². The SMILES string of the molecule is CCNC(=NCC(=O)N1CCc2sccc2C1)N(C)CCc1cccs1.I. The fourth-order valence-electron chi connectivity index (χ4n) is 3.01. The maximum absolute atomic E-state index is 12.6. The lowest BCUT2D eigenvalue weighted by Crippen LogP contribution is -2.41. The molecule has 1 amide bonds. The highest BCUT2D eigenvalue weighted by Crippen LogP contribution is 2.23. The molecule has 0 aromatic carbocycles. The van der Waals surface area contributed by atoms with Crippen LogP contribution in [0.5, 0.6) is 0 Å². The van der Waals surface area contributed by atoms with E-state index < -0.39 is 0 Å². The normalized spacial score (nSPS) is 13.7. The maximum Gasteiger partial charge on any atom is 0.244 e. The number of halogens is 1. The number of carbonyl (C=O) groups excluding carboxylic acids is 1. The van der Waals surface area contributed by atoms with E-state index in [-0.39, 0.29) is 36.4 Å². The van der Waals surface area contributed by atoms with E-state index >= 15 is 0 Å². The minimum absolute atomic E-state index is 0.